The van der Waals surface area contributed by atoms with Gasteiger partial charge in [0.15, 0.2) is 0 Å². The first-order valence-electron chi connectivity index (χ1n) is 8.30. The summed E-state index contributed by atoms with van der Waals surface area (Å²) in [5.41, 5.74) is 6.33. The van der Waals surface area contributed by atoms with Crippen LogP contribution >= 0.6 is 0 Å². The minimum absolute atomic E-state index is 0.308. The molecule has 1 aliphatic rings. The second-order valence-electron chi connectivity index (χ2n) is 6.43. The van der Waals surface area contributed by atoms with Gasteiger partial charge < -0.3 is 10.1 Å². The van der Waals surface area contributed by atoms with E-state index in [2.05, 4.69) is 53.5 Å². The van der Waals surface area contributed by atoms with E-state index in [1.54, 1.807) is 0 Å². The highest BCUT2D eigenvalue weighted by Gasteiger charge is 2.26. The highest BCUT2D eigenvalue weighted by atomic mass is 16.4. The van der Waals surface area contributed by atoms with E-state index in [0.717, 1.165) is 25.0 Å². The van der Waals surface area contributed by atoms with Crippen LogP contribution in [-0.2, 0) is 12.8 Å². The van der Waals surface area contributed by atoms with Crippen molar-refractivity contribution in [1.29, 1.82) is 0 Å². The predicted molar refractivity (Wildman–Crippen MR) is 94.4 cm³/mol. The van der Waals surface area contributed by atoms with Crippen LogP contribution in [0.1, 0.15) is 39.6 Å². The number of carboxylic acid groups (broad SMARTS) is 1. The van der Waals surface area contributed by atoms with Crippen LogP contribution in [0.5, 0.6) is 0 Å². The number of aromatic amines is 1. The molecule has 2 aromatic carbocycles. The van der Waals surface area contributed by atoms with Crippen molar-refractivity contribution in [2.75, 3.05) is 0 Å². The number of fused-ring (bicyclic) bond motifs is 1. The van der Waals surface area contributed by atoms with E-state index in [0.29, 0.717) is 11.6 Å². The van der Waals surface area contributed by atoms with Crippen molar-refractivity contribution in [2.24, 2.45) is 0 Å². The number of aromatic nitrogens is 1. The molecule has 0 fully saturated rings. The van der Waals surface area contributed by atoms with Crippen molar-refractivity contribution < 1.29 is 9.90 Å². The molecule has 3 aromatic rings. The number of benzene rings is 2. The molecule has 0 saturated heterocycles. The van der Waals surface area contributed by atoms with Crippen LogP contribution < -0.4 is 0 Å². The molecule has 3 heteroatoms. The fourth-order valence-electron chi connectivity index (χ4n) is 3.68. The standard InChI is InChI=1S/C21H19NO2/c23-21(24)20-13-18-17(9-10-19(18)22-20)12-14-5-4-8-16(11-14)15-6-2-1-3-7-15/h1-8,11,13,17,22H,9-10,12H2,(H,23,24). The summed E-state index contributed by atoms with van der Waals surface area (Å²) >= 11 is 0. The highest BCUT2D eigenvalue weighted by Crippen LogP contribution is 2.36. The summed E-state index contributed by atoms with van der Waals surface area (Å²) in [6.07, 6.45) is 2.97. The fourth-order valence-corrected chi connectivity index (χ4v) is 3.68. The number of nitrogens with one attached hydrogen (secondary N) is 1. The number of hydrogen-bond donors (Lipinski definition) is 2. The van der Waals surface area contributed by atoms with Gasteiger partial charge in [-0.1, -0.05) is 54.6 Å². The minimum Gasteiger partial charge on any atom is -0.477 e. The molecule has 1 aliphatic carbocycles. The van der Waals surface area contributed by atoms with Crippen LogP contribution in [0.3, 0.4) is 0 Å². The number of aryl methyl sites for hydroxylation is 1. The maximum absolute atomic E-state index is 11.1. The average molecular weight is 317 g/mol. The minimum atomic E-state index is -0.880. The Hall–Kier alpha value is -2.81. The number of carbonyl (C=O) groups is 1. The molecule has 3 nitrogen and oxygen atoms in total. The Kier molecular flexibility index (Phi) is 3.69. The number of aromatic carboxylic acids is 1. The van der Waals surface area contributed by atoms with E-state index in [9.17, 15) is 4.79 Å². The van der Waals surface area contributed by atoms with Gasteiger partial charge in [0.05, 0.1) is 0 Å². The Balaban J connectivity index is 1.58. The maximum Gasteiger partial charge on any atom is 0.352 e. The molecule has 4 rings (SSSR count). The third kappa shape index (κ3) is 2.73. The van der Waals surface area contributed by atoms with Crippen LogP contribution in [0, 0.1) is 0 Å². The molecular weight excluding hydrogens is 298 g/mol. The Morgan fingerprint density at radius 3 is 2.62 bits per heavy atom. The second-order valence-corrected chi connectivity index (χ2v) is 6.43. The topological polar surface area (TPSA) is 53.1 Å². The number of rotatable bonds is 4. The first-order valence-corrected chi connectivity index (χ1v) is 8.30. The number of H-pyrrole nitrogens is 1. The summed E-state index contributed by atoms with van der Waals surface area (Å²) in [5.74, 6) is -0.482. The van der Waals surface area contributed by atoms with E-state index in [-0.39, 0.29) is 0 Å². The van der Waals surface area contributed by atoms with Crippen LogP contribution in [0.2, 0.25) is 0 Å². The first kappa shape index (κ1) is 14.8. The SMILES string of the molecule is O=C(O)c1cc2c([nH]1)CCC2Cc1cccc(-c2ccccc2)c1. The Morgan fingerprint density at radius 1 is 1.04 bits per heavy atom. The van der Waals surface area contributed by atoms with Gasteiger partial charge in [-0.15, -0.1) is 0 Å². The zero-order valence-corrected chi connectivity index (χ0v) is 13.3. The second kappa shape index (κ2) is 6.00. The summed E-state index contributed by atoms with van der Waals surface area (Å²) < 4.78 is 0. The third-order valence-corrected chi connectivity index (χ3v) is 4.86. The van der Waals surface area contributed by atoms with E-state index < -0.39 is 5.97 Å². The molecule has 0 saturated carbocycles. The van der Waals surface area contributed by atoms with Gasteiger partial charge in [0.2, 0.25) is 0 Å². The van der Waals surface area contributed by atoms with Gasteiger partial charge in [-0.05, 0) is 53.5 Å². The van der Waals surface area contributed by atoms with Gasteiger partial charge in [0, 0.05) is 5.69 Å². The number of carboxylic acids is 1. The molecule has 1 unspecified atom stereocenters. The summed E-state index contributed by atoms with van der Waals surface area (Å²) in [5, 5.41) is 9.15. The lowest BCUT2D eigenvalue weighted by Crippen LogP contribution is -2.00. The molecule has 1 atom stereocenters. The monoisotopic (exact) mass is 317 g/mol. The molecule has 0 bridgehead atoms. The van der Waals surface area contributed by atoms with E-state index >= 15 is 0 Å². The summed E-state index contributed by atoms with van der Waals surface area (Å²) in [6.45, 7) is 0. The van der Waals surface area contributed by atoms with Gasteiger partial charge in [0.25, 0.3) is 0 Å². The molecule has 120 valence electrons. The summed E-state index contributed by atoms with van der Waals surface area (Å²) in [7, 11) is 0. The lowest BCUT2D eigenvalue weighted by Gasteiger charge is -2.11. The molecular formula is C21H19NO2. The Labute approximate surface area is 141 Å². The quantitative estimate of drug-likeness (QED) is 0.736. The molecule has 2 N–H and O–H groups in total. The predicted octanol–water partition coefficient (Wildman–Crippen LogP) is 4.65. The van der Waals surface area contributed by atoms with Crippen LogP contribution in [-0.4, -0.2) is 16.1 Å². The van der Waals surface area contributed by atoms with Crippen molar-refractivity contribution in [3.05, 3.63) is 83.2 Å². The Bertz CT molecular complexity index is 880. The summed E-state index contributed by atoms with van der Waals surface area (Å²) in [6, 6.07) is 20.8. The van der Waals surface area contributed by atoms with Gasteiger partial charge in [-0.25, -0.2) is 4.79 Å². The van der Waals surface area contributed by atoms with Gasteiger partial charge in [-0.2, -0.15) is 0 Å². The van der Waals surface area contributed by atoms with Gasteiger partial charge in [-0.3, -0.25) is 0 Å². The molecule has 24 heavy (non-hydrogen) atoms. The molecule has 1 aromatic heterocycles. The van der Waals surface area contributed by atoms with Crippen LogP contribution in [0.25, 0.3) is 11.1 Å². The van der Waals surface area contributed by atoms with E-state index in [1.165, 1.54) is 22.3 Å². The molecule has 0 amide bonds. The highest BCUT2D eigenvalue weighted by molar-refractivity contribution is 5.86. The third-order valence-electron chi connectivity index (χ3n) is 4.86. The lowest BCUT2D eigenvalue weighted by molar-refractivity contribution is 0.0691. The van der Waals surface area contributed by atoms with E-state index in [1.807, 2.05) is 12.1 Å². The molecule has 0 radical (unpaired) electrons. The Morgan fingerprint density at radius 2 is 1.83 bits per heavy atom. The first-order chi connectivity index (χ1) is 11.7. The normalized spacial score (nSPS) is 16.1. The smallest absolute Gasteiger partial charge is 0.352 e. The molecule has 1 heterocycles. The van der Waals surface area contributed by atoms with Gasteiger partial charge in [0.1, 0.15) is 5.69 Å². The van der Waals surface area contributed by atoms with Crippen molar-refractivity contribution >= 4 is 5.97 Å². The van der Waals surface area contributed by atoms with Crippen molar-refractivity contribution in [3.8, 4) is 11.1 Å². The van der Waals surface area contributed by atoms with Crippen molar-refractivity contribution in [1.82, 2.24) is 4.98 Å². The van der Waals surface area contributed by atoms with Crippen molar-refractivity contribution in [3.63, 3.8) is 0 Å². The fraction of sp³-hybridized carbons (Fsp3) is 0.190. The average Bonchev–Trinajstić information content (AvgIpc) is 3.18. The number of hydrogen-bond acceptors (Lipinski definition) is 1. The van der Waals surface area contributed by atoms with Crippen LogP contribution in [0.15, 0.2) is 60.7 Å². The molecule has 0 aliphatic heterocycles. The lowest BCUT2D eigenvalue weighted by atomic mass is 9.93. The van der Waals surface area contributed by atoms with Crippen LogP contribution in [0.4, 0.5) is 0 Å². The van der Waals surface area contributed by atoms with Crippen molar-refractivity contribution in [2.45, 2.75) is 25.2 Å². The summed E-state index contributed by atoms with van der Waals surface area (Å²) in [4.78, 5) is 14.2. The maximum atomic E-state index is 11.1. The zero-order chi connectivity index (χ0) is 16.5. The van der Waals surface area contributed by atoms with Gasteiger partial charge >= 0.3 is 5.97 Å². The zero-order valence-electron chi connectivity index (χ0n) is 13.3. The largest absolute Gasteiger partial charge is 0.477 e. The molecule has 0 spiro atoms. The van der Waals surface area contributed by atoms with E-state index in [4.69, 9.17) is 5.11 Å².